The number of sulfonamides is 1. The summed E-state index contributed by atoms with van der Waals surface area (Å²) in [6, 6.07) is 31.4. The summed E-state index contributed by atoms with van der Waals surface area (Å²) >= 11 is 2.16. The average molecular weight is 597 g/mol. The second-order valence-electron chi connectivity index (χ2n) is 8.22. The number of hydroxylamine groups is 1. The smallest absolute Gasteiger partial charge is 0.237 e. The summed E-state index contributed by atoms with van der Waals surface area (Å²) in [5.74, 6) is -0.409. The molecule has 0 saturated carbocycles. The zero-order valence-electron chi connectivity index (χ0n) is 18.7. The summed E-state index contributed by atoms with van der Waals surface area (Å²) in [5, 5.41) is 0. The van der Waals surface area contributed by atoms with Crippen molar-refractivity contribution >= 4 is 38.3 Å². The van der Waals surface area contributed by atoms with E-state index in [0.29, 0.717) is 14.8 Å². The van der Waals surface area contributed by atoms with Gasteiger partial charge in [0.2, 0.25) is 0 Å². The molecule has 176 valence electrons. The molecule has 7 heteroatoms. The fourth-order valence-electron chi connectivity index (χ4n) is 4.14. The molecule has 0 bridgehead atoms. The van der Waals surface area contributed by atoms with E-state index in [1.807, 2.05) is 67.6 Å². The van der Waals surface area contributed by atoms with E-state index in [4.69, 9.17) is 4.84 Å². The molecule has 0 fully saturated rings. The lowest BCUT2D eigenvalue weighted by atomic mass is 9.85. The Morgan fingerprint density at radius 2 is 1.29 bits per heavy atom. The molecular weight excluding hydrogens is 576 g/mol. The SMILES string of the molecule is Cc1ccc(S(=O)(=O)N2OC(c3ccccc3)(c3ccccc3)C(I)=C2c2ccc(F)cc2)cc1. The Balaban J connectivity index is 1.81. The second kappa shape index (κ2) is 9.22. The summed E-state index contributed by atoms with van der Waals surface area (Å²) < 4.78 is 43.4. The van der Waals surface area contributed by atoms with Gasteiger partial charge in [-0.3, -0.25) is 0 Å². The van der Waals surface area contributed by atoms with E-state index in [1.54, 1.807) is 36.4 Å². The predicted molar refractivity (Wildman–Crippen MR) is 142 cm³/mol. The zero-order valence-corrected chi connectivity index (χ0v) is 21.7. The van der Waals surface area contributed by atoms with E-state index in [2.05, 4.69) is 22.6 Å². The molecule has 0 aromatic heterocycles. The molecule has 4 nitrogen and oxygen atoms in total. The Morgan fingerprint density at radius 1 is 0.771 bits per heavy atom. The Bertz CT molecular complexity index is 1450. The lowest BCUT2D eigenvalue weighted by Gasteiger charge is -2.31. The van der Waals surface area contributed by atoms with Gasteiger partial charge in [-0.1, -0.05) is 78.4 Å². The third kappa shape index (κ3) is 4.07. The molecule has 0 spiro atoms. The third-order valence-corrected chi connectivity index (χ3v) is 8.77. The van der Waals surface area contributed by atoms with E-state index in [0.717, 1.165) is 21.2 Å². The van der Waals surface area contributed by atoms with Crippen molar-refractivity contribution in [3.8, 4) is 0 Å². The standard InChI is InChI=1S/C28H21FINO3S/c1-20-12-18-25(19-13-20)35(32,33)31-26(21-14-16-24(29)17-15-21)27(30)28(34-31,22-8-4-2-5-9-22)23-10-6-3-7-11-23/h2-19H,1H3. The Labute approximate surface area is 217 Å². The highest BCUT2D eigenvalue weighted by atomic mass is 127. The van der Waals surface area contributed by atoms with Gasteiger partial charge in [0.05, 0.1) is 8.48 Å². The molecule has 1 aliphatic rings. The van der Waals surface area contributed by atoms with Crippen LogP contribution in [0.15, 0.2) is 118 Å². The van der Waals surface area contributed by atoms with Gasteiger partial charge in [0, 0.05) is 5.56 Å². The third-order valence-electron chi connectivity index (χ3n) is 5.93. The zero-order chi connectivity index (χ0) is 24.6. The van der Waals surface area contributed by atoms with Crippen LogP contribution in [-0.4, -0.2) is 12.9 Å². The van der Waals surface area contributed by atoms with Crippen molar-refractivity contribution in [3.63, 3.8) is 0 Å². The van der Waals surface area contributed by atoms with E-state index in [9.17, 15) is 12.8 Å². The van der Waals surface area contributed by atoms with Crippen LogP contribution in [-0.2, 0) is 20.5 Å². The minimum Gasteiger partial charge on any atom is -0.237 e. The molecule has 0 saturated heterocycles. The van der Waals surface area contributed by atoms with Crippen LogP contribution in [0.5, 0.6) is 0 Å². The second-order valence-corrected chi connectivity index (χ2v) is 11.1. The number of halogens is 2. The summed E-state index contributed by atoms with van der Waals surface area (Å²) in [6.07, 6.45) is 0. The van der Waals surface area contributed by atoms with Gasteiger partial charge in [0.1, 0.15) is 11.5 Å². The van der Waals surface area contributed by atoms with Gasteiger partial charge in [0.25, 0.3) is 10.0 Å². The largest absolute Gasteiger partial charge is 0.286 e. The lowest BCUT2D eigenvalue weighted by Crippen LogP contribution is -2.35. The maximum Gasteiger partial charge on any atom is 0.286 e. The molecule has 0 amide bonds. The predicted octanol–water partition coefficient (Wildman–Crippen LogP) is 6.82. The van der Waals surface area contributed by atoms with Crippen LogP contribution < -0.4 is 0 Å². The number of hydrogen-bond donors (Lipinski definition) is 0. The first kappa shape index (κ1) is 23.7. The molecule has 0 radical (unpaired) electrons. The average Bonchev–Trinajstić information content (AvgIpc) is 3.20. The Kier molecular flexibility index (Phi) is 6.25. The van der Waals surface area contributed by atoms with Crippen LogP contribution in [0.25, 0.3) is 5.70 Å². The molecule has 0 N–H and O–H groups in total. The summed E-state index contributed by atoms with van der Waals surface area (Å²) in [4.78, 5) is 6.65. The molecule has 4 aromatic rings. The molecule has 1 aliphatic heterocycles. The maximum atomic E-state index is 14.0. The molecule has 5 rings (SSSR count). The normalized spacial score (nSPS) is 15.5. The first-order chi connectivity index (χ1) is 16.8. The van der Waals surface area contributed by atoms with Crippen molar-refractivity contribution in [2.45, 2.75) is 17.4 Å². The van der Waals surface area contributed by atoms with Crippen LogP contribution in [0, 0.1) is 12.7 Å². The maximum absolute atomic E-state index is 14.0. The Hall–Kier alpha value is -3.01. The van der Waals surface area contributed by atoms with Crippen molar-refractivity contribution in [2.75, 3.05) is 0 Å². The highest BCUT2D eigenvalue weighted by molar-refractivity contribution is 14.1. The van der Waals surface area contributed by atoms with E-state index in [1.165, 1.54) is 12.1 Å². The van der Waals surface area contributed by atoms with Gasteiger partial charge in [-0.15, -0.1) is 4.47 Å². The fraction of sp³-hybridized carbons (Fsp3) is 0.0714. The molecule has 0 aliphatic carbocycles. The molecule has 4 aromatic carbocycles. The molecule has 0 atom stereocenters. The van der Waals surface area contributed by atoms with Gasteiger partial charge < -0.3 is 0 Å². The summed E-state index contributed by atoms with van der Waals surface area (Å²) in [7, 11) is -4.13. The molecule has 0 unspecified atom stereocenters. The number of hydrogen-bond acceptors (Lipinski definition) is 3. The lowest BCUT2D eigenvalue weighted by molar-refractivity contribution is -0.103. The quantitative estimate of drug-likeness (QED) is 0.238. The van der Waals surface area contributed by atoms with Gasteiger partial charge in [0.15, 0.2) is 5.60 Å². The van der Waals surface area contributed by atoms with E-state index in [-0.39, 0.29) is 4.90 Å². The van der Waals surface area contributed by atoms with Crippen molar-refractivity contribution < 1.29 is 17.6 Å². The van der Waals surface area contributed by atoms with Crippen LogP contribution >= 0.6 is 22.6 Å². The van der Waals surface area contributed by atoms with Crippen LogP contribution in [0.4, 0.5) is 4.39 Å². The van der Waals surface area contributed by atoms with Crippen LogP contribution in [0.2, 0.25) is 0 Å². The van der Waals surface area contributed by atoms with Gasteiger partial charge in [-0.05, 0) is 77.0 Å². The first-order valence-corrected chi connectivity index (χ1v) is 13.4. The summed E-state index contributed by atoms with van der Waals surface area (Å²) in [6.45, 7) is 1.89. The fourth-order valence-corrected chi connectivity index (χ4v) is 6.88. The molecular formula is C28H21FINO3S. The minimum absolute atomic E-state index is 0.101. The molecule has 35 heavy (non-hydrogen) atoms. The van der Waals surface area contributed by atoms with Crippen molar-refractivity contribution in [2.24, 2.45) is 0 Å². The van der Waals surface area contributed by atoms with E-state index >= 15 is 0 Å². The summed E-state index contributed by atoms with van der Waals surface area (Å²) in [5.41, 5.74) is 2.15. The Morgan fingerprint density at radius 3 is 1.80 bits per heavy atom. The number of nitrogens with zero attached hydrogens (tertiary/aromatic N) is 1. The van der Waals surface area contributed by atoms with Crippen molar-refractivity contribution in [1.29, 1.82) is 0 Å². The topological polar surface area (TPSA) is 46.6 Å². The monoisotopic (exact) mass is 597 g/mol. The van der Waals surface area contributed by atoms with Crippen molar-refractivity contribution in [3.05, 3.63) is 141 Å². The van der Waals surface area contributed by atoms with Crippen LogP contribution in [0.3, 0.4) is 0 Å². The van der Waals surface area contributed by atoms with Gasteiger partial charge in [-0.2, -0.15) is 8.42 Å². The highest BCUT2D eigenvalue weighted by Gasteiger charge is 2.52. The van der Waals surface area contributed by atoms with E-state index < -0.39 is 21.4 Å². The highest BCUT2D eigenvalue weighted by Crippen LogP contribution is 2.54. The first-order valence-electron chi connectivity index (χ1n) is 10.9. The number of aryl methyl sites for hydroxylation is 1. The minimum atomic E-state index is -4.13. The van der Waals surface area contributed by atoms with Gasteiger partial charge >= 0.3 is 0 Å². The number of rotatable bonds is 5. The molecule has 1 heterocycles. The van der Waals surface area contributed by atoms with Crippen molar-refractivity contribution in [1.82, 2.24) is 4.47 Å². The van der Waals surface area contributed by atoms with Gasteiger partial charge in [-0.25, -0.2) is 9.23 Å². The number of benzene rings is 4. The van der Waals surface area contributed by atoms with Crippen LogP contribution in [0.1, 0.15) is 22.3 Å².